The van der Waals surface area contributed by atoms with Gasteiger partial charge >= 0.3 is 0 Å². The highest BCUT2D eigenvalue weighted by Crippen LogP contribution is 2.54. The van der Waals surface area contributed by atoms with Crippen molar-refractivity contribution in [1.29, 1.82) is 0 Å². The Morgan fingerprint density at radius 3 is 1.44 bits per heavy atom. The van der Waals surface area contributed by atoms with E-state index >= 15 is 0 Å². The standard InChI is InChI=1S/C36H21N3/c1-2-23-14-26-16-27(25-17-29(19-5-9-37-10-6-19)39-30(18-25)20-7-11-38-12-8-20)28-15-24-4-3-22-13-21(1)31-32(22)34(24)36(28)35(26)33(23)31/h1-12,16-18H,13-15H2. The van der Waals surface area contributed by atoms with Gasteiger partial charge in [-0.1, -0.05) is 24.3 Å². The van der Waals surface area contributed by atoms with Gasteiger partial charge in [0.25, 0.3) is 0 Å². The predicted molar refractivity (Wildman–Crippen MR) is 157 cm³/mol. The SMILES string of the molecule is c1cc(-c2cc(-c3cc4c5c6c(ccc7c6c6c(ccc8c6c5c3C8)C7)C4)cc(-c3ccncc3)n2)ccn1. The van der Waals surface area contributed by atoms with Crippen LogP contribution in [0.15, 0.2) is 91.5 Å². The molecule has 3 aliphatic carbocycles. The molecule has 0 unspecified atom stereocenters. The fourth-order valence-corrected chi connectivity index (χ4v) is 7.66. The number of hydrogen-bond donors (Lipinski definition) is 0. The van der Waals surface area contributed by atoms with E-state index in [1.165, 1.54) is 76.8 Å². The first-order valence-corrected chi connectivity index (χ1v) is 13.6. The summed E-state index contributed by atoms with van der Waals surface area (Å²) in [5.41, 5.74) is 15.6. The number of aromatic nitrogens is 3. The average Bonchev–Trinajstić information content (AvgIpc) is 3.67. The van der Waals surface area contributed by atoms with Crippen molar-refractivity contribution in [1.82, 2.24) is 15.0 Å². The highest BCUT2D eigenvalue weighted by molar-refractivity contribution is 6.34. The Bertz CT molecular complexity index is 2140. The minimum absolute atomic E-state index is 0.967. The van der Waals surface area contributed by atoms with E-state index in [1.807, 2.05) is 49.1 Å². The van der Waals surface area contributed by atoms with Gasteiger partial charge in [0.2, 0.25) is 0 Å². The maximum Gasteiger partial charge on any atom is 0.0716 e. The summed E-state index contributed by atoms with van der Waals surface area (Å²) in [6, 6.07) is 24.8. The third-order valence-electron chi connectivity index (χ3n) is 9.24. The van der Waals surface area contributed by atoms with E-state index in [1.54, 1.807) is 0 Å². The van der Waals surface area contributed by atoms with E-state index in [9.17, 15) is 0 Å². The zero-order valence-electron chi connectivity index (χ0n) is 21.1. The molecule has 7 aromatic rings. The van der Waals surface area contributed by atoms with Crippen LogP contribution in [0.5, 0.6) is 0 Å². The van der Waals surface area contributed by atoms with Gasteiger partial charge < -0.3 is 0 Å². The Hall–Kier alpha value is -4.89. The smallest absolute Gasteiger partial charge is 0.0716 e. The summed E-state index contributed by atoms with van der Waals surface area (Å²) in [6.45, 7) is 0. The van der Waals surface area contributed by atoms with E-state index in [4.69, 9.17) is 4.98 Å². The summed E-state index contributed by atoms with van der Waals surface area (Å²) in [4.78, 5) is 13.6. The van der Waals surface area contributed by atoms with Crippen molar-refractivity contribution in [3.8, 4) is 33.6 Å². The first kappa shape index (κ1) is 20.1. The van der Waals surface area contributed by atoms with Crippen molar-refractivity contribution < 1.29 is 0 Å². The minimum atomic E-state index is 0.967. The van der Waals surface area contributed by atoms with Crippen LogP contribution in [0.2, 0.25) is 0 Å². The fourth-order valence-electron chi connectivity index (χ4n) is 7.66. The van der Waals surface area contributed by atoms with Gasteiger partial charge in [0.05, 0.1) is 11.4 Å². The lowest BCUT2D eigenvalue weighted by Gasteiger charge is -2.15. The fraction of sp³-hybridized carbons (Fsp3) is 0.0833. The second-order valence-corrected chi connectivity index (χ2v) is 11.2. The van der Waals surface area contributed by atoms with Crippen molar-refractivity contribution >= 4 is 32.3 Å². The van der Waals surface area contributed by atoms with Gasteiger partial charge in [0.15, 0.2) is 0 Å². The molecule has 0 bridgehead atoms. The van der Waals surface area contributed by atoms with E-state index in [2.05, 4.69) is 52.4 Å². The molecule has 0 N–H and O–H groups in total. The van der Waals surface area contributed by atoms with E-state index in [0.717, 1.165) is 41.8 Å². The van der Waals surface area contributed by atoms with Gasteiger partial charge in [-0.2, -0.15) is 0 Å². The molecule has 3 aliphatic rings. The average molecular weight is 496 g/mol. The maximum atomic E-state index is 5.11. The summed E-state index contributed by atoms with van der Waals surface area (Å²) in [6.07, 6.45) is 10.4. The molecular formula is C36H21N3. The molecule has 0 saturated heterocycles. The van der Waals surface area contributed by atoms with Crippen LogP contribution in [-0.2, 0) is 19.3 Å². The van der Waals surface area contributed by atoms with Crippen LogP contribution in [0.3, 0.4) is 0 Å². The third kappa shape index (κ3) is 2.50. The van der Waals surface area contributed by atoms with Crippen LogP contribution in [0.4, 0.5) is 0 Å². The molecule has 3 aromatic heterocycles. The Morgan fingerprint density at radius 1 is 0.410 bits per heavy atom. The monoisotopic (exact) mass is 495 g/mol. The Kier molecular flexibility index (Phi) is 3.58. The Balaban J connectivity index is 1.32. The molecule has 0 amide bonds. The third-order valence-corrected chi connectivity index (χ3v) is 9.24. The maximum absolute atomic E-state index is 5.11. The van der Waals surface area contributed by atoms with Crippen LogP contribution >= 0.6 is 0 Å². The number of hydrogen-bond acceptors (Lipinski definition) is 3. The number of nitrogens with zero attached hydrogens (tertiary/aromatic N) is 3. The highest BCUT2D eigenvalue weighted by atomic mass is 14.7. The molecular weight excluding hydrogens is 474 g/mol. The summed E-state index contributed by atoms with van der Waals surface area (Å²) in [5.74, 6) is 0. The van der Waals surface area contributed by atoms with Crippen LogP contribution < -0.4 is 0 Å². The highest BCUT2D eigenvalue weighted by Gasteiger charge is 2.33. The molecule has 3 nitrogen and oxygen atoms in total. The lowest BCUT2D eigenvalue weighted by atomic mass is 9.90. The van der Waals surface area contributed by atoms with Crippen molar-refractivity contribution in [3.63, 3.8) is 0 Å². The number of rotatable bonds is 3. The Labute approximate surface area is 224 Å². The number of pyridine rings is 3. The molecule has 180 valence electrons. The van der Waals surface area contributed by atoms with Gasteiger partial charge in [0.1, 0.15) is 0 Å². The van der Waals surface area contributed by atoms with Crippen LogP contribution in [0.25, 0.3) is 66.0 Å². The molecule has 3 heterocycles. The van der Waals surface area contributed by atoms with E-state index < -0.39 is 0 Å². The van der Waals surface area contributed by atoms with Gasteiger partial charge in [0, 0.05) is 35.9 Å². The van der Waals surface area contributed by atoms with Crippen molar-refractivity contribution in [2.75, 3.05) is 0 Å². The van der Waals surface area contributed by atoms with Crippen molar-refractivity contribution in [2.45, 2.75) is 19.3 Å². The predicted octanol–water partition coefficient (Wildman–Crippen LogP) is 8.04. The van der Waals surface area contributed by atoms with Gasteiger partial charge in [-0.3, -0.25) is 9.97 Å². The molecule has 0 fully saturated rings. The summed E-state index contributed by atoms with van der Waals surface area (Å²) in [5, 5.41) is 9.13. The van der Waals surface area contributed by atoms with Crippen LogP contribution in [0, 0.1) is 0 Å². The molecule has 0 saturated carbocycles. The molecule has 4 aromatic carbocycles. The van der Waals surface area contributed by atoms with Gasteiger partial charge in [-0.15, -0.1) is 0 Å². The quantitative estimate of drug-likeness (QED) is 0.233. The first-order chi connectivity index (χ1) is 19.3. The normalized spacial score (nSPS) is 13.8. The molecule has 0 spiro atoms. The van der Waals surface area contributed by atoms with E-state index in [0.29, 0.717) is 0 Å². The molecule has 0 radical (unpaired) electrons. The lowest BCUT2D eigenvalue weighted by molar-refractivity contribution is 1.24. The Morgan fingerprint density at radius 2 is 0.872 bits per heavy atom. The van der Waals surface area contributed by atoms with Gasteiger partial charge in [-0.25, -0.2) is 4.98 Å². The lowest BCUT2D eigenvalue weighted by Crippen LogP contribution is -1.95. The largest absolute Gasteiger partial charge is 0.265 e. The second-order valence-electron chi connectivity index (χ2n) is 11.2. The molecule has 3 heteroatoms. The summed E-state index contributed by atoms with van der Waals surface area (Å²) < 4.78 is 0. The topological polar surface area (TPSA) is 38.7 Å². The zero-order chi connectivity index (χ0) is 25.2. The number of benzene rings is 4. The molecule has 39 heavy (non-hydrogen) atoms. The van der Waals surface area contributed by atoms with Crippen LogP contribution in [0.1, 0.15) is 33.4 Å². The van der Waals surface area contributed by atoms with Crippen molar-refractivity contribution in [2.24, 2.45) is 0 Å². The summed E-state index contributed by atoms with van der Waals surface area (Å²) in [7, 11) is 0. The van der Waals surface area contributed by atoms with Crippen LogP contribution in [-0.4, -0.2) is 15.0 Å². The zero-order valence-corrected chi connectivity index (χ0v) is 21.1. The first-order valence-electron chi connectivity index (χ1n) is 13.6. The van der Waals surface area contributed by atoms with Crippen molar-refractivity contribution in [3.05, 3.63) is 125 Å². The molecule has 0 aliphatic heterocycles. The molecule has 10 rings (SSSR count). The van der Waals surface area contributed by atoms with Gasteiger partial charge in [-0.05, 0) is 139 Å². The second kappa shape index (κ2) is 6.95. The summed E-state index contributed by atoms with van der Waals surface area (Å²) >= 11 is 0. The van der Waals surface area contributed by atoms with E-state index in [-0.39, 0.29) is 0 Å². The molecule has 0 atom stereocenters. The minimum Gasteiger partial charge on any atom is -0.265 e.